The lowest BCUT2D eigenvalue weighted by atomic mass is 10.4. The highest BCUT2D eigenvalue weighted by Crippen LogP contribution is 2.08. The topological polar surface area (TPSA) is 63.4 Å². The third kappa shape index (κ3) is 2.73. The molecule has 1 rings (SSSR count). The van der Waals surface area contributed by atoms with Crippen molar-refractivity contribution in [3.05, 3.63) is 0 Å². The number of rotatable bonds is 3. The monoisotopic (exact) mass is 192 g/mol. The number of likely N-dealkylation sites (tertiary alicyclic amines) is 1. The largest absolute Gasteiger partial charge is 0.314 e. The van der Waals surface area contributed by atoms with Gasteiger partial charge in [-0.25, -0.2) is 8.42 Å². The van der Waals surface area contributed by atoms with Crippen LogP contribution in [-0.2, 0) is 9.84 Å². The Kier molecular flexibility index (Phi) is 3.09. The molecule has 1 atom stereocenters. The number of hydrogen-bond donors (Lipinski definition) is 1. The maximum absolute atomic E-state index is 11.0. The summed E-state index contributed by atoms with van der Waals surface area (Å²) < 4.78 is 21.9. The van der Waals surface area contributed by atoms with Crippen molar-refractivity contribution >= 4 is 9.84 Å². The quantitative estimate of drug-likeness (QED) is 0.649. The van der Waals surface area contributed by atoms with Gasteiger partial charge in [0.05, 0.1) is 0 Å². The Morgan fingerprint density at radius 1 is 1.42 bits per heavy atom. The SMILES string of the molecule is CS(=O)(=O)C(N)CN1CCCC1. The van der Waals surface area contributed by atoms with Crippen molar-refractivity contribution in [2.75, 3.05) is 25.9 Å². The van der Waals surface area contributed by atoms with Crippen LogP contribution in [0.5, 0.6) is 0 Å². The molecule has 4 nitrogen and oxygen atoms in total. The van der Waals surface area contributed by atoms with Gasteiger partial charge in [0.2, 0.25) is 0 Å². The zero-order chi connectivity index (χ0) is 9.19. The van der Waals surface area contributed by atoms with E-state index in [1.165, 1.54) is 6.26 Å². The lowest BCUT2D eigenvalue weighted by Crippen LogP contribution is -2.41. The van der Waals surface area contributed by atoms with Gasteiger partial charge in [-0.3, -0.25) is 0 Å². The van der Waals surface area contributed by atoms with Crippen LogP contribution in [0.15, 0.2) is 0 Å². The minimum atomic E-state index is -3.05. The van der Waals surface area contributed by atoms with E-state index in [1.807, 2.05) is 0 Å². The summed E-state index contributed by atoms with van der Waals surface area (Å²) in [7, 11) is -3.05. The Morgan fingerprint density at radius 2 is 1.92 bits per heavy atom. The molecule has 5 heteroatoms. The van der Waals surface area contributed by atoms with E-state index in [2.05, 4.69) is 4.90 Å². The molecule has 1 unspecified atom stereocenters. The number of nitrogens with zero attached hydrogens (tertiary/aromatic N) is 1. The Morgan fingerprint density at radius 3 is 2.33 bits per heavy atom. The van der Waals surface area contributed by atoms with Crippen LogP contribution in [0.1, 0.15) is 12.8 Å². The average molecular weight is 192 g/mol. The Labute approximate surface area is 73.6 Å². The van der Waals surface area contributed by atoms with Crippen molar-refractivity contribution in [1.29, 1.82) is 0 Å². The van der Waals surface area contributed by atoms with Crippen LogP contribution in [0.3, 0.4) is 0 Å². The van der Waals surface area contributed by atoms with Gasteiger partial charge in [0.25, 0.3) is 0 Å². The molecule has 0 aromatic carbocycles. The smallest absolute Gasteiger partial charge is 0.164 e. The van der Waals surface area contributed by atoms with Gasteiger partial charge in [0, 0.05) is 12.8 Å². The summed E-state index contributed by atoms with van der Waals surface area (Å²) in [6.07, 6.45) is 3.51. The maximum atomic E-state index is 11.0. The summed E-state index contributed by atoms with van der Waals surface area (Å²) in [6, 6.07) is 0. The molecule has 0 radical (unpaired) electrons. The highest BCUT2D eigenvalue weighted by molar-refractivity contribution is 7.91. The Hall–Kier alpha value is -0.130. The van der Waals surface area contributed by atoms with Crippen LogP contribution < -0.4 is 5.73 Å². The van der Waals surface area contributed by atoms with Crippen LogP contribution in [0.4, 0.5) is 0 Å². The van der Waals surface area contributed by atoms with Crippen molar-refractivity contribution in [2.45, 2.75) is 18.2 Å². The molecule has 1 fully saturated rings. The van der Waals surface area contributed by atoms with E-state index in [4.69, 9.17) is 5.73 Å². The Balaban J connectivity index is 2.40. The van der Waals surface area contributed by atoms with Crippen LogP contribution in [0.2, 0.25) is 0 Å². The summed E-state index contributed by atoms with van der Waals surface area (Å²) >= 11 is 0. The van der Waals surface area contributed by atoms with Crippen LogP contribution in [0.25, 0.3) is 0 Å². The molecule has 0 aromatic heterocycles. The first-order chi connectivity index (χ1) is 5.50. The van der Waals surface area contributed by atoms with E-state index >= 15 is 0 Å². The van der Waals surface area contributed by atoms with E-state index in [-0.39, 0.29) is 0 Å². The van der Waals surface area contributed by atoms with Crippen LogP contribution >= 0.6 is 0 Å². The summed E-state index contributed by atoms with van der Waals surface area (Å²) in [6.45, 7) is 2.46. The van der Waals surface area contributed by atoms with Gasteiger partial charge in [-0.05, 0) is 25.9 Å². The average Bonchev–Trinajstić information content (AvgIpc) is 2.37. The van der Waals surface area contributed by atoms with Gasteiger partial charge in [-0.2, -0.15) is 0 Å². The molecule has 1 aliphatic rings. The second kappa shape index (κ2) is 3.72. The van der Waals surface area contributed by atoms with Gasteiger partial charge in [0.15, 0.2) is 9.84 Å². The third-order valence-electron chi connectivity index (χ3n) is 2.19. The van der Waals surface area contributed by atoms with Crippen molar-refractivity contribution in [2.24, 2.45) is 5.73 Å². The molecule has 1 heterocycles. The predicted octanol–water partition coefficient (Wildman–Crippen LogP) is -0.588. The van der Waals surface area contributed by atoms with Gasteiger partial charge in [0.1, 0.15) is 5.37 Å². The lowest BCUT2D eigenvalue weighted by Gasteiger charge is -2.18. The molecule has 72 valence electrons. The van der Waals surface area contributed by atoms with Crippen molar-refractivity contribution in [3.8, 4) is 0 Å². The van der Waals surface area contributed by atoms with Crippen LogP contribution in [-0.4, -0.2) is 44.6 Å². The van der Waals surface area contributed by atoms with Crippen molar-refractivity contribution in [3.63, 3.8) is 0 Å². The first-order valence-electron chi connectivity index (χ1n) is 4.17. The zero-order valence-electron chi connectivity index (χ0n) is 7.36. The van der Waals surface area contributed by atoms with Crippen molar-refractivity contribution in [1.82, 2.24) is 4.90 Å². The molecule has 0 spiro atoms. The predicted molar refractivity (Wildman–Crippen MR) is 48.5 cm³/mol. The Bertz CT molecular complexity index is 232. The second-order valence-electron chi connectivity index (χ2n) is 3.38. The summed E-state index contributed by atoms with van der Waals surface area (Å²) in [5.41, 5.74) is 5.50. The molecule has 0 aliphatic carbocycles. The van der Waals surface area contributed by atoms with Gasteiger partial charge < -0.3 is 10.6 Å². The summed E-state index contributed by atoms with van der Waals surface area (Å²) in [5.74, 6) is 0. The number of sulfone groups is 1. The molecule has 0 bridgehead atoms. The molecule has 1 saturated heterocycles. The standard InChI is InChI=1S/C7H16N2O2S/c1-12(10,11)7(8)6-9-4-2-3-5-9/h7H,2-6,8H2,1H3. The molecular weight excluding hydrogens is 176 g/mol. The number of nitrogens with two attached hydrogens (primary N) is 1. The van der Waals surface area contributed by atoms with Gasteiger partial charge in [-0.1, -0.05) is 0 Å². The molecule has 12 heavy (non-hydrogen) atoms. The first kappa shape index (κ1) is 9.95. The molecular formula is C7H16N2O2S. The fourth-order valence-corrected chi connectivity index (χ4v) is 1.84. The normalized spacial score (nSPS) is 22.8. The maximum Gasteiger partial charge on any atom is 0.164 e. The fraction of sp³-hybridized carbons (Fsp3) is 1.00. The van der Waals surface area contributed by atoms with E-state index in [0.717, 1.165) is 25.9 Å². The highest BCUT2D eigenvalue weighted by atomic mass is 32.2. The van der Waals surface area contributed by atoms with Crippen LogP contribution in [0, 0.1) is 0 Å². The van der Waals surface area contributed by atoms with Gasteiger partial charge in [-0.15, -0.1) is 0 Å². The van der Waals surface area contributed by atoms with Gasteiger partial charge >= 0.3 is 0 Å². The fourth-order valence-electron chi connectivity index (χ4n) is 1.36. The minimum Gasteiger partial charge on any atom is -0.314 e. The zero-order valence-corrected chi connectivity index (χ0v) is 8.18. The third-order valence-corrected chi connectivity index (χ3v) is 3.44. The molecule has 0 saturated carbocycles. The van der Waals surface area contributed by atoms with E-state index in [9.17, 15) is 8.42 Å². The molecule has 2 N–H and O–H groups in total. The molecule has 0 amide bonds. The second-order valence-corrected chi connectivity index (χ2v) is 5.64. The van der Waals surface area contributed by atoms with Crippen molar-refractivity contribution < 1.29 is 8.42 Å². The van der Waals surface area contributed by atoms with E-state index < -0.39 is 15.2 Å². The molecule has 1 aliphatic heterocycles. The summed E-state index contributed by atoms with van der Waals surface area (Å²) in [5, 5.41) is -0.712. The summed E-state index contributed by atoms with van der Waals surface area (Å²) in [4.78, 5) is 2.10. The highest BCUT2D eigenvalue weighted by Gasteiger charge is 2.20. The minimum absolute atomic E-state index is 0.485. The lowest BCUT2D eigenvalue weighted by molar-refractivity contribution is 0.336. The van der Waals surface area contributed by atoms with E-state index in [0.29, 0.717) is 6.54 Å². The van der Waals surface area contributed by atoms with E-state index in [1.54, 1.807) is 0 Å². The molecule has 0 aromatic rings. The number of hydrogen-bond acceptors (Lipinski definition) is 4. The first-order valence-corrected chi connectivity index (χ1v) is 6.12.